The normalized spacial score (nSPS) is 10.5. The topological polar surface area (TPSA) is 104 Å². The molecule has 6 heteroatoms. The Labute approximate surface area is 109 Å². The highest BCUT2D eigenvalue weighted by Crippen LogP contribution is 2.23. The lowest BCUT2D eigenvalue weighted by atomic mass is 10.1. The molecule has 6 nitrogen and oxygen atoms in total. The van der Waals surface area contributed by atoms with Crippen molar-refractivity contribution in [1.82, 2.24) is 15.0 Å². The molecule has 0 saturated heterocycles. The van der Waals surface area contributed by atoms with Gasteiger partial charge in [-0.15, -0.1) is 0 Å². The molecule has 3 rings (SSSR count). The molecule has 94 valence electrons. The zero-order valence-corrected chi connectivity index (χ0v) is 9.95. The summed E-state index contributed by atoms with van der Waals surface area (Å²) in [5.74, 6) is 1.48. The standard InChI is InChI=1S/C13H11N5O/c14-12-16-11(17-13(15)18-12)9-5-3-8(4-6-9)10-2-1-7-19-10/h1-7H,(H4,14,15,16,17,18). The van der Waals surface area contributed by atoms with Crippen LogP contribution >= 0.6 is 0 Å². The number of rotatable bonds is 2. The summed E-state index contributed by atoms with van der Waals surface area (Å²) in [7, 11) is 0. The largest absolute Gasteiger partial charge is 0.464 e. The molecule has 2 heterocycles. The summed E-state index contributed by atoms with van der Waals surface area (Å²) in [6, 6.07) is 11.3. The molecule has 0 aliphatic rings. The Morgan fingerprint density at radius 2 is 1.42 bits per heavy atom. The molecule has 0 radical (unpaired) electrons. The molecule has 0 atom stereocenters. The fourth-order valence-electron chi connectivity index (χ4n) is 1.76. The lowest BCUT2D eigenvalue weighted by Gasteiger charge is -2.03. The molecule has 3 aromatic rings. The Balaban J connectivity index is 1.98. The monoisotopic (exact) mass is 253 g/mol. The van der Waals surface area contributed by atoms with Gasteiger partial charge in [0.15, 0.2) is 5.82 Å². The second-order valence-corrected chi connectivity index (χ2v) is 3.93. The molecule has 0 fully saturated rings. The summed E-state index contributed by atoms with van der Waals surface area (Å²) in [5.41, 5.74) is 12.9. The van der Waals surface area contributed by atoms with E-state index >= 15 is 0 Å². The van der Waals surface area contributed by atoms with Crippen LogP contribution in [-0.2, 0) is 0 Å². The average molecular weight is 253 g/mol. The fourth-order valence-corrected chi connectivity index (χ4v) is 1.76. The van der Waals surface area contributed by atoms with E-state index in [1.807, 2.05) is 36.4 Å². The van der Waals surface area contributed by atoms with Gasteiger partial charge in [-0.3, -0.25) is 0 Å². The zero-order valence-electron chi connectivity index (χ0n) is 9.95. The maximum absolute atomic E-state index is 5.55. The summed E-state index contributed by atoms with van der Waals surface area (Å²) in [5, 5.41) is 0. The Morgan fingerprint density at radius 3 is 2.00 bits per heavy atom. The maximum Gasteiger partial charge on any atom is 0.225 e. The van der Waals surface area contributed by atoms with Crippen molar-refractivity contribution in [3.8, 4) is 22.7 Å². The van der Waals surface area contributed by atoms with Gasteiger partial charge in [-0.1, -0.05) is 24.3 Å². The van der Waals surface area contributed by atoms with Gasteiger partial charge < -0.3 is 15.9 Å². The number of nitrogens with zero attached hydrogens (tertiary/aromatic N) is 3. The van der Waals surface area contributed by atoms with E-state index < -0.39 is 0 Å². The number of nitrogens with two attached hydrogens (primary N) is 2. The second-order valence-electron chi connectivity index (χ2n) is 3.93. The Hall–Kier alpha value is -2.89. The minimum absolute atomic E-state index is 0.109. The van der Waals surface area contributed by atoms with Crippen LogP contribution in [0.2, 0.25) is 0 Å². The highest BCUT2D eigenvalue weighted by atomic mass is 16.3. The van der Waals surface area contributed by atoms with Crippen LogP contribution in [0.25, 0.3) is 22.7 Å². The van der Waals surface area contributed by atoms with E-state index in [1.54, 1.807) is 6.26 Å². The van der Waals surface area contributed by atoms with Crippen LogP contribution in [0, 0.1) is 0 Å². The molecule has 19 heavy (non-hydrogen) atoms. The van der Waals surface area contributed by atoms with Crippen LogP contribution in [-0.4, -0.2) is 15.0 Å². The number of anilines is 2. The Bertz CT molecular complexity index is 671. The summed E-state index contributed by atoms with van der Waals surface area (Å²) in [6.45, 7) is 0. The number of furan rings is 1. The van der Waals surface area contributed by atoms with Gasteiger partial charge in [0.2, 0.25) is 11.9 Å². The third-order valence-electron chi connectivity index (χ3n) is 2.62. The van der Waals surface area contributed by atoms with Gasteiger partial charge in [-0.05, 0) is 12.1 Å². The third-order valence-corrected chi connectivity index (χ3v) is 2.62. The molecular formula is C13H11N5O. The highest BCUT2D eigenvalue weighted by Gasteiger charge is 2.06. The van der Waals surface area contributed by atoms with Crippen molar-refractivity contribution in [2.24, 2.45) is 0 Å². The first-order chi connectivity index (χ1) is 9.22. The number of nitrogen functional groups attached to an aromatic ring is 2. The molecule has 0 aliphatic heterocycles. The quantitative estimate of drug-likeness (QED) is 0.723. The van der Waals surface area contributed by atoms with E-state index in [1.165, 1.54) is 0 Å². The van der Waals surface area contributed by atoms with Gasteiger partial charge in [0.05, 0.1) is 6.26 Å². The SMILES string of the molecule is Nc1nc(N)nc(-c2ccc(-c3ccco3)cc2)n1. The molecule has 0 spiro atoms. The molecule has 0 amide bonds. The summed E-state index contributed by atoms with van der Waals surface area (Å²) < 4.78 is 5.32. The number of aromatic nitrogens is 3. The van der Waals surface area contributed by atoms with Gasteiger partial charge in [0.1, 0.15) is 5.76 Å². The van der Waals surface area contributed by atoms with E-state index in [0.717, 1.165) is 16.9 Å². The maximum atomic E-state index is 5.55. The molecule has 0 unspecified atom stereocenters. The smallest absolute Gasteiger partial charge is 0.225 e. The first-order valence-corrected chi connectivity index (χ1v) is 5.64. The summed E-state index contributed by atoms with van der Waals surface area (Å²) in [6.07, 6.45) is 1.64. The van der Waals surface area contributed by atoms with Crippen molar-refractivity contribution in [2.75, 3.05) is 11.5 Å². The van der Waals surface area contributed by atoms with Gasteiger partial charge in [0, 0.05) is 11.1 Å². The highest BCUT2D eigenvalue weighted by molar-refractivity contribution is 5.64. The predicted octanol–water partition coefficient (Wildman–Crippen LogP) is 1.96. The van der Waals surface area contributed by atoms with Crippen molar-refractivity contribution < 1.29 is 4.42 Å². The van der Waals surface area contributed by atoms with Gasteiger partial charge in [-0.25, -0.2) is 0 Å². The van der Waals surface area contributed by atoms with Crippen molar-refractivity contribution >= 4 is 11.9 Å². The van der Waals surface area contributed by atoms with Gasteiger partial charge in [-0.2, -0.15) is 15.0 Å². The zero-order chi connectivity index (χ0) is 13.2. The minimum atomic E-state index is 0.109. The second kappa shape index (κ2) is 4.41. The van der Waals surface area contributed by atoms with Crippen LogP contribution in [0.1, 0.15) is 0 Å². The molecule has 2 aromatic heterocycles. The lowest BCUT2D eigenvalue weighted by Crippen LogP contribution is -2.04. The van der Waals surface area contributed by atoms with Gasteiger partial charge >= 0.3 is 0 Å². The lowest BCUT2D eigenvalue weighted by molar-refractivity contribution is 0.582. The minimum Gasteiger partial charge on any atom is -0.464 e. The number of hydrogen-bond donors (Lipinski definition) is 2. The molecule has 0 bridgehead atoms. The van der Waals surface area contributed by atoms with Crippen LogP contribution in [0.15, 0.2) is 47.1 Å². The van der Waals surface area contributed by atoms with Crippen molar-refractivity contribution in [3.63, 3.8) is 0 Å². The number of hydrogen-bond acceptors (Lipinski definition) is 6. The molecule has 4 N–H and O–H groups in total. The predicted molar refractivity (Wildman–Crippen MR) is 71.8 cm³/mol. The average Bonchev–Trinajstić information content (AvgIpc) is 2.91. The van der Waals surface area contributed by atoms with E-state index in [9.17, 15) is 0 Å². The van der Waals surface area contributed by atoms with Crippen LogP contribution < -0.4 is 11.5 Å². The molecular weight excluding hydrogens is 242 g/mol. The van der Waals surface area contributed by atoms with Crippen LogP contribution in [0.5, 0.6) is 0 Å². The Morgan fingerprint density at radius 1 is 0.789 bits per heavy atom. The van der Waals surface area contributed by atoms with Crippen LogP contribution in [0.4, 0.5) is 11.9 Å². The third kappa shape index (κ3) is 2.23. The van der Waals surface area contributed by atoms with E-state index in [0.29, 0.717) is 5.82 Å². The summed E-state index contributed by atoms with van der Waals surface area (Å²) >= 11 is 0. The van der Waals surface area contributed by atoms with Gasteiger partial charge in [0.25, 0.3) is 0 Å². The molecule has 1 aromatic carbocycles. The van der Waals surface area contributed by atoms with Crippen molar-refractivity contribution in [2.45, 2.75) is 0 Å². The van der Waals surface area contributed by atoms with E-state index in [2.05, 4.69) is 15.0 Å². The fraction of sp³-hybridized carbons (Fsp3) is 0. The first-order valence-electron chi connectivity index (χ1n) is 5.64. The van der Waals surface area contributed by atoms with Crippen molar-refractivity contribution in [3.05, 3.63) is 42.7 Å². The van der Waals surface area contributed by atoms with Crippen molar-refractivity contribution in [1.29, 1.82) is 0 Å². The van der Waals surface area contributed by atoms with Crippen LogP contribution in [0.3, 0.4) is 0 Å². The van der Waals surface area contributed by atoms with E-state index in [4.69, 9.17) is 15.9 Å². The number of benzene rings is 1. The Kier molecular flexibility index (Phi) is 2.60. The molecule has 0 saturated carbocycles. The van der Waals surface area contributed by atoms with E-state index in [-0.39, 0.29) is 11.9 Å². The molecule has 0 aliphatic carbocycles. The summed E-state index contributed by atoms with van der Waals surface area (Å²) in [4.78, 5) is 11.8. The first kappa shape index (κ1) is 11.2.